The van der Waals surface area contributed by atoms with Gasteiger partial charge in [0.2, 0.25) is 5.91 Å². The summed E-state index contributed by atoms with van der Waals surface area (Å²) >= 11 is 1.03. The number of nitrogens with one attached hydrogen (secondary N) is 2. The third-order valence-corrected chi connectivity index (χ3v) is 6.94. The first-order valence-corrected chi connectivity index (χ1v) is 11.7. The number of carboxylic acids is 1. The van der Waals surface area contributed by atoms with Crippen LogP contribution in [-0.2, 0) is 16.1 Å². The zero-order chi connectivity index (χ0) is 24.2. The number of amides is 2. The number of nitrogens with zero attached hydrogens (tertiary/aromatic N) is 1. The van der Waals surface area contributed by atoms with E-state index in [9.17, 15) is 14.4 Å². The summed E-state index contributed by atoms with van der Waals surface area (Å²) in [4.78, 5) is 40.1. The minimum atomic E-state index is -1.03. The van der Waals surface area contributed by atoms with Crippen LogP contribution in [0.3, 0.4) is 0 Å². The number of thiazole rings is 1. The quantitative estimate of drug-likeness (QED) is 0.450. The molecule has 2 aromatic carbocycles. The van der Waals surface area contributed by atoms with Crippen molar-refractivity contribution in [3.63, 3.8) is 0 Å². The molecule has 1 aromatic heterocycles. The molecular weight excluding hydrogens is 454 g/mol. The standard InChI is InChI=1S/C25H25N3O5S/c1-14(23(29)26-12-21-28-15(2)22(34-21)24(30)31)11-27-25(32)33-13-20-18-9-5-3-7-16(18)17-8-4-6-10-19(17)20/h3-10,14,20H,11-13H2,1-2H3,(H,26,29)(H,27,32)(H,30,31). The number of ether oxygens (including phenoxy) is 1. The van der Waals surface area contributed by atoms with Crippen molar-refractivity contribution in [2.75, 3.05) is 13.2 Å². The number of rotatable bonds is 8. The highest BCUT2D eigenvalue weighted by Gasteiger charge is 2.29. The highest BCUT2D eigenvalue weighted by Crippen LogP contribution is 2.44. The summed E-state index contributed by atoms with van der Waals surface area (Å²) in [5, 5.41) is 15.0. The molecule has 0 aliphatic heterocycles. The summed E-state index contributed by atoms with van der Waals surface area (Å²) in [6.45, 7) is 3.75. The molecule has 4 rings (SSSR count). The highest BCUT2D eigenvalue weighted by atomic mass is 32.1. The number of aromatic carboxylic acids is 1. The Labute approximate surface area is 201 Å². The molecule has 0 fully saturated rings. The first-order chi connectivity index (χ1) is 16.3. The molecule has 0 spiro atoms. The Kier molecular flexibility index (Phi) is 6.93. The molecule has 0 radical (unpaired) electrons. The van der Waals surface area contributed by atoms with E-state index in [1.54, 1.807) is 13.8 Å². The van der Waals surface area contributed by atoms with Crippen molar-refractivity contribution in [1.29, 1.82) is 0 Å². The van der Waals surface area contributed by atoms with Gasteiger partial charge in [-0.05, 0) is 29.2 Å². The second-order valence-electron chi connectivity index (χ2n) is 8.15. The van der Waals surface area contributed by atoms with Crippen LogP contribution in [0.5, 0.6) is 0 Å². The number of carbonyl (C=O) groups excluding carboxylic acids is 2. The van der Waals surface area contributed by atoms with Crippen LogP contribution in [0.1, 0.15) is 44.3 Å². The van der Waals surface area contributed by atoms with Gasteiger partial charge >= 0.3 is 12.1 Å². The molecule has 1 heterocycles. The van der Waals surface area contributed by atoms with Gasteiger partial charge in [-0.2, -0.15) is 0 Å². The normalized spacial score (nSPS) is 13.0. The van der Waals surface area contributed by atoms with E-state index in [1.807, 2.05) is 24.3 Å². The Morgan fingerprint density at radius 1 is 1.06 bits per heavy atom. The van der Waals surface area contributed by atoms with E-state index in [4.69, 9.17) is 9.84 Å². The molecule has 2 amide bonds. The minimum absolute atomic E-state index is 0.0312. The number of benzene rings is 2. The van der Waals surface area contributed by atoms with E-state index in [0.29, 0.717) is 10.7 Å². The van der Waals surface area contributed by atoms with Crippen molar-refractivity contribution in [3.05, 3.63) is 75.2 Å². The number of aromatic nitrogens is 1. The van der Waals surface area contributed by atoms with Crippen LogP contribution in [0.4, 0.5) is 4.79 Å². The van der Waals surface area contributed by atoms with Crippen molar-refractivity contribution in [3.8, 4) is 11.1 Å². The van der Waals surface area contributed by atoms with E-state index < -0.39 is 18.0 Å². The number of carbonyl (C=O) groups is 3. The maximum absolute atomic E-state index is 12.4. The Morgan fingerprint density at radius 2 is 1.68 bits per heavy atom. The molecule has 0 saturated heterocycles. The summed E-state index contributed by atoms with van der Waals surface area (Å²) in [6.07, 6.45) is -0.580. The third-order valence-electron chi connectivity index (χ3n) is 5.79. The van der Waals surface area contributed by atoms with Crippen LogP contribution in [0.15, 0.2) is 48.5 Å². The average molecular weight is 480 g/mol. The van der Waals surface area contributed by atoms with Crippen LogP contribution in [0.25, 0.3) is 11.1 Å². The maximum Gasteiger partial charge on any atom is 0.407 e. The van der Waals surface area contributed by atoms with Gasteiger partial charge in [-0.3, -0.25) is 4.79 Å². The highest BCUT2D eigenvalue weighted by molar-refractivity contribution is 7.13. The summed E-state index contributed by atoms with van der Waals surface area (Å²) < 4.78 is 5.49. The fourth-order valence-corrected chi connectivity index (χ4v) is 4.89. The summed E-state index contributed by atoms with van der Waals surface area (Å²) in [7, 11) is 0. The van der Waals surface area contributed by atoms with Crippen molar-refractivity contribution < 1.29 is 24.2 Å². The van der Waals surface area contributed by atoms with Crippen molar-refractivity contribution in [2.45, 2.75) is 26.3 Å². The molecule has 34 heavy (non-hydrogen) atoms. The van der Waals surface area contributed by atoms with Gasteiger partial charge in [0.25, 0.3) is 0 Å². The number of aryl methyl sites for hydroxylation is 1. The lowest BCUT2D eigenvalue weighted by Gasteiger charge is -2.16. The Morgan fingerprint density at radius 3 is 2.26 bits per heavy atom. The molecule has 1 unspecified atom stereocenters. The largest absolute Gasteiger partial charge is 0.477 e. The second kappa shape index (κ2) is 10.0. The van der Waals surface area contributed by atoms with Gasteiger partial charge in [-0.25, -0.2) is 14.6 Å². The van der Waals surface area contributed by atoms with Crippen LogP contribution < -0.4 is 10.6 Å². The lowest BCUT2D eigenvalue weighted by atomic mass is 9.98. The summed E-state index contributed by atoms with van der Waals surface area (Å²) in [5.74, 6) is -1.84. The summed E-state index contributed by atoms with van der Waals surface area (Å²) in [6, 6.07) is 16.2. The van der Waals surface area contributed by atoms with E-state index in [1.165, 1.54) is 0 Å². The van der Waals surface area contributed by atoms with Crippen LogP contribution in [0, 0.1) is 12.8 Å². The smallest absolute Gasteiger partial charge is 0.407 e. The molecule has 9 heteroatoms. The minimum Gasteiger partial charge on any atom is -0.477 e. The van der Waals surface area contributed by atoms with Gasteiger partial charge in [0.05, 0.1) is 18.2 Å². The number of hydrogen-bond donors (Lipinski definition) is 3. The van der Waals surface area contributed by atoms with E-state index >= 15 is 0 Å². The first-order valence-electron chi connectivity index (χ1n) is 10.9. The molecule has 1 atom stereocenters. The topological polar surface area (TPSA) is 118 Å². The van der Waals surface area contributed by atoms with Gasteiger partial charge in [-0.15, -0.1) is 11.3 Å². The maximum atomic E-state index is 12.4. The van der Waals surface area contributed by atoms with Gasteiger partial charge in [0.1, 0.15) is 16.5 Å². The number of fused-ring (bicyclic) bond motifs is 3. The lowest BCUT2D eigenvalue weighted by molar-refractivity contribution is -0.124. The van der Waals surface area contributed by atoms with Gasteiger partial charge in [0.15, 0.2) is 0 Å². The Balaban J connectivity index is 1.25. The fourth-order valence-electron chi connectivity index (χ4n) is 4.04. The van der Waals surface area contributed by atoms with Gasteiger partial charge < -0.3 is 20.5 Å². The first kappa shape index (κ1) is 23.4. The molecule has 0 saturated carbocycles. The Bertz CT molecular complexity index is 1190. The van der Waals surface area contributed by atoms with Crippen molar-refractivity contribution in [2.24, 2.45) is 5.92 Å². The van der Waals surface area contributed by atoms with E-state index in [0.717, 1.165) is 33.6 Å². The fraction of sp³-hybridized carbons (Fsp3) is 0.280. The van der Waals surface area contributed by atoms with E-state index in [2.05, 4.69) is 39.9 Å². The Hall–Kier alpha value is -3.72. The predicted octanol–water partition coefficient (Wildman–Crippen LogP) is 3.94. The van der Waals surface area contributed by atoms with Gasteiger partial charge in [-0.1, -0.05) is 55.5 Å². The summed E-state index contributed by atoms with van der Waals surface area (Å²) in [5.41, 5.74) is 5.00. The zero-order valence-corrected chi connectivity index (χ0v) is 19.6. The number of alkyl carbamates (subject to hydrolysis) is 1. The monoisotopic (exact) mass is 479 g/mol. The van der Waals surface area contributed by atoms with Crippen LogP contribution in [0.2, 0.25) is 0 Å². The third kappa shape index (κ3) is 4.94. The molecule has 8 nitrogen and oxygen atoms in total. The molecule has 3 aromatic rings. The predicted molar refractivity (Wildman–Crippen MR) is 128 cm³/mol. The average Bonchev–Trinajstić information content (AvgIpc) is 3.37. The second-order valence-corrected chi connectivity index (χ2v) is 9.24. The molecule has 3 N–H and O–H groups in total. The molecule has 176 valence electrons. The molecule has 0 bridgehead atoms. The van der Waals surface area contributed by atoms with E-state index in [-0.39, 0.29) is 36.4 Å². The SMILES string of the molecule is Cc1nc(CNC(=O)C(C)CNC(=O)OCC2c3ccccc3-c3ccccc32)sc1C(=O)O. The lowest BCUT2D eigenvalue weighted by Crippen LogP contribution is -2.37. The van der Waals surface area contributed by atoms with Crippen LogP contribution in [-0.4, -0.2) is 41.2 Å². The van der Waals surface area contributed by atoms with Gasteiger partial charge in [0, 0.05) is 12.5 Å². The molecular formula is C25H25N3O5S. The number of hydrogen-bond acceptors (Lipinski definition) is 6. The molecule has 1 aliphatic carbocycles. The molecule has 1 aliphatic rings. The van der Waals surface area contributed by atoms with Crippen molar-refractivity contribution in [1.82, 2.24) is 15.6 Å². The zero-order valence-electron chi connectivity index (χ0n) is 18.8. The van der Waals surface area contributed by atoms with Crippen molar-refractivity contribution >= 4 is 29.3 Å². The number of carboxylic acid groups (broad SMARTS) is 1. The van der Waals surface area contributed by atoms with Crippen LogP contribution >= 0.6 is 11.3 Å².